The predicted molar refractivity (Wildman–Crippen MR) is 117 cm³/mol. The molecule has 6 nitrogen and oxygen atoms in total. The molecule has 1 aromatic rings. The lowest BCUT2D eigenvalue weighted by molar-refractivity contribution is -0.178. The highest BCUT2D eigenvalue weighted by molar-refractivity contribution is 7.12. The average molecular weight is 438 g/mol. The van der Waals surface area contributed by atoms with Crippen molar-refractivity contribution in [3.8, 4) is 0 Å². The average Bonchev–Trinajstić information content (AvgIpc) is 3.43. The van der Waals surface area contributed by atoms with Crippen LogP contribution >= 0.6 is 11.3 Å². The largest absolute Gasteiger partial charge is 0.465 e. The number of esters is 1. The van der Waals surface area contributed by atoms with Gasteiger partial charge in [0.25, 0.3) is 0 Å². The number of methoxy groups -OCH3 is 1. The van der Waals surface area contributed by atoms with E-state index in [0.29, 0.717) is 36.8 Å². The van der Waals surface area contributed by atoms with E-state index in [9.17, 15) is 4.79 Å². The molecule has 2 aliphatic carbocycles. The summed E-state index contributed by atoms with van der Waals surface area (Å²) in [5.41, 5.74) is 0.929. The molecule has 168 valence electrons. The molecule has 3 fully saturated rings. The van der Waals surface area contributed by atoms with Crippen molar-refractivity contribution in [3.63, 3.8) is 0 Å². The number of carbonyl (C=O) groups is 1. The molecule has 0 N–H and O–H groups in total. The summed E-state index contributed by atoms with van der Waals surface area (Å²) in [7, 11) is 1.44. The van der Waals surface area contributed by atoms with Crippen LogP contribution in [0.4, 0.5) is 5.69 Å². The van der Waals surface area contributed by atoms with E-state index in [0.717, 1.165) is 43.9 Å². The molecule has 0 radical (unpaired) electrons. The predicted octanol–water partition coefficient (Wildman–Crippen LogP) is 4.83. The van der Waals surface area contributed by atoms with E-state index in [-0.39, 0.29) is 11.8 Å². The minimum absolute atomic E-state index is 0.277. The van der Waals surface area contributed by atoms with Crippen LogP contribution in [-0.2, 0) is 18.9 Å². The molecule has 0 amide bonds. The van der Waals surface area contributed by atoms with Crippen molar-refractivity contribution >= 4 is 23.0 Å². The smallest absolute Gasteiger partial charge is 0.350 e. The maximum atomic E-state index is 12.3. The molecule has 2 saturated carbocycles. The van der Waals surface area contributed by atoms with E-state index in [1.54, 1.807) is 0 Å². The van der Waals surface area contributed by atoms with Crippen molar-refractivity contribution in [3.05, 3.63) is 16.3 Å². The van der Waals surface area contributed by atoms with Gasteiger partial charge in [0, 0.05) is 18.9 Å². The molecule has 1 saturated heterocycles. The first-order valence-corrected chi connectivity index (χ1v) is 12.3. The fourth-order valence-electron chi connectivity index (χ4n) is 5.10. The third-order valence-electron chi connectivity index (χ3n) is 7.02. The maximum absolute atomic E-state index is 12.3. The zero-order valence-electron chi connectivity index (χ0n) is 18.3. The summed E-state index contributed by atoms with van der Waals surface area (Å²) >= 11 is 1.43. The number of nitrogens with zero attached hydrogens (tertiary/aromatic N) is 1. The minimum atomic E-state index is -0.387. The number of thiophene rings is 1. The van der Waals surface area contributed by atoms with Gasteiger partial charge in [-0.1, -0.05) is 19.8 Å². The van der Waals surface area contributed by atoms with Crippen molar-refractivity contribution in [2.24, 2.45) is 11.8 Å². The van der Waals surface area contributed by atoms with Crippen LogP contribution < -0.4 is 4.90 Å². The van der Waals surface area contributed by atoms with Crippen molar-refractivity contribution in [1.29, 1.82) is 0 Å². The van der Waals surface area contributed by atoms with Crippen LogP contribution in [0.15, 0.2) is 11.4 Å². The Morgan fingerprint density at radius 2 is 1.87 bits per heavy atom. The zero-order chi connectivity index (χ0) is 21.0. The lowest BCUT2D eigenvalue weighted by Gasteiger charge is -2.41. The lowest BCUT2D eigenvalue weighted by Crippen LogP contribution is -2.45. The van der Waals surface area contributed by atoms with Crippen molar-refractivity contribution in [2.75, 3.05) is 38.6 Å². The summed E-state index contributed by atoms with van der Waals surface area (Å²) < 4.78 is 23.1. The standard InChI is InChI=1S/C23H35NO5S/c1-17-3-5-18(6-4-17)15-27-16-24(20-9-14-30-21(20)22(25)26-2)19-7-10-23(11-8-19)28-12-13-29-23/h9,14,17-19H,3-8,10-13,15-16H2,1-2H3. The van der Waals surface area contributed by atoms with E-state index in [2.05, 4.69) is 11.8 Å². The van der Waals surface area contributed by atoms with Crippen LogP contribution in [0, 0.1) is 11.8 Å². The Bertz CT molecular complexity index is 684. The first kappa shape index (κ1) is 22.1. The number of carbonyl (C=O) groups excluding carboxylic acids is 1. The number of anilines is 1. The van der Waals surface area contributed by atoms with Gasteiger partial charge in [0.15, 0.2) is 5.79 Å². The highest BCUT2D eigenvalue weighted by Crippen LogP contribution is 2.40. The molecule has 30 heavy (non-hydrogen) atoms. The van der Waals surface area contributed by atoms with Gasteiger partial charge in [-0.2, -0.15) is 0 Å². The van der Waals surface area contributed by atoms with Crippen molar-refractivity contribution in [1.82, 2.24) is 0 Å². The van der Waals surface area contributed by atoms with Gasteiger partial charge < -0.3 is 23.8 Å². The van der Waals surface area contributed by atoms with Crippen LogP contribution in [-0.4, -0.2) is 51.5 Å². The number of hydrogen-bond donors (Lipinski definition) is 0. The van der Waals surface area contributed by atoms with E-state index < -0.39 is 0 Å². The molecule has 4 rings (SSSR count). The summed E-state index contributed by atoms with van der Waals surface area (Å²) in [6, 6.07) is 2.32. The second-order valence-electron chi connectivity index (χ2n) is 9.06. The molecule has 1 aliphatic heterocycles. The van der Waals surface area contributed by atoms with Crippen molar-refractivity contribution in [2.45, 2.75) is 70.1 Å². The molecule has 3 aliphatic rings. The van der Waals surface area contributed by atoms with Gasteiger partial charge in [0.05, 0.1) is 32.6 Å². The van der Waals surface area contributed by atoms with E-state index in [1.165, 1.54) is 44.1 Å². The Morgan fingerprint density at radius 3 is 2.53 bits per heavy atom. The molecular formula is C23H35NO5S. The quantitative estimate of drug-likeness (QED) is 0.450. The van der Waals surface area contributed by atoms with Gasteiger partial charge in [-0.05, 0) is 49.0 Å². The van der Waals surface area contributed by atoms with Crippen LogP contribution in [0.5, 0.6) is 0 Å². The van der Waals surface area contributed by atoms with Gasteiger partial charge in [0.2, 0.25) is 0 Å². The number of hydrogen-bond acceptors (Lipinski definition) is 7. The summed E-state index contributed by atoms with van der Waals surface area (Å²) in [4.78, 5) is 15.2. The molecular weight excluding hydrogens is 402 g/mol. The molecule has 0 unspecified atom stereocenters. The highest BCUT2D eigenvalue weighted by atomic mass is 32.1. The molecule has 1 aromatic heterocycles. The second kappa shape index (κ2) is 9.98. The first-order valence-electron chi connectivity index (χ1n) is 11.4. The van der Waals surface area contributed by atoms with Crippen LogP contribution in [0.25, 0.3) is 0 Å². The van der Waals surface area contributed by atoms with Crippen molar-refractivity contribution < 1.29 is 23.7 Å². The lowest BCUT2D eigenvalue weighted by atomic mass is 9.83. The van der Waals surface area contributed by atoms with Crippen LogP contribution in [0.2, 0.25) is 0 Å². The molecule has 0 bridgehead atoms. The Hall–Kier alpha value is -1.15. The molecule has 0 atom stereocenters. The third-order valence-corrected chi connectivity index (χ3v) is 7.90. The zero-order valence-corrected chi connectivity index (χ0v) is 19.1. The molecule has 1 spiro atoms. The molecule has 2 heterocycles. The Kier molecular flexibility index (Phi) is 7.34. The maximum Gasteiger partial charge on any atom is 0.350 e. The van der Waals surface area contributed by atoms with Gasteiger partial charge in [-0.25, -0.2) is 4.79 Å². The van der Waals surface area contributed by atoms with Gasteiger partial charge in [-0.15, -0.1) is 11.3 Å². The van der Waals surface area contributed by atoms with E-state index >= 15 is 0 Å². The van der Waals surface area contributed by atoms with E-state index in [4.69, 9.17) is 18.9 Å². The van der Waals surface area contributed by atoms with Gasteiger partial charge in [0.1, 0.15) is 11.6 Å². The monoisotopic (exact) mass is 437 g/mol. The fourth-order valence-corrected chi connectivity index (χ4v) is 5.92. The fraction of sp³-hybridized carbons (Fsp3) is 0.783. The molecule has 7 heteroatoms. The normalized spacial score (nSPS) is 26.7. The number of ether oxygens (including phenoxy) is 4. The Balaban J connectivity index is 1.42. The molecule has 0 aromatic carbocycles. The summed E-state index contributed by atoms with van der Waals surface area (Å²) in [6.07, 6.45) is 8.81. The third kappa shape index (κ3) is 5.01. The van der Waals surface area contributed by atoms with Crippen LogP contribution in [0.3, 0.4) is 0 Å². The Labute approximate surface area is 183 Å². The van der Waals surface area contributed by atoms with Gasteiger partial charge >= 0.3 is 5.97 Å². The first-order chi connectivity index (χ1) is 14.6. The highest BCUT2D eigenvalue weighted by Gasteiger charge is 2.42. The summed E-state index contributed by atoms with van der Waals surface area (Å²) in [5, 5.41) is 1.96. The summed E-state index contributed by atoms with van der Waals surface area (Å²) in [5.74, 6) is 0.837. The second-order valence-corrected chi connectivity index (χ2v) is 9.98. The SMILES string of the molecule is COC(=O)c1sccc1N(COCC1CCC(C)CC1)C1CCC2(CC1)OCCO2. The summed E-state index contributed by atoms with van der Waals surface area (Å²) in [6.45, 7) is 5.02. The minimum Gasteiger partial charge on any atom is -0.465 e. The van der Waals surface area contributed by atoms with E-state index in [1.807, 2.05) is 11.4 Å². The number of rotatable bonds is 7. The van der Waals surface area contributed by atoms with Gasteiger partial charge in [-0.3, -0.25) is 0 Å². The Morgan fingerprint density at radius 1 is 1.17 bits per heavy atom. The topological polar surface area (TPSA) is 57.2 Å². The van der Waals surface area contributed by atoms with Crippen LogP contribution in [0.1, 0.15) is 68.0 Å².